The van der Waals surface area contributed by atoms with Gasteiger partial charge in [0.1, 0.15) is 5.82 Å². The van der Waals surface area contributed by atoms with Crippen molar-refractivity contribution in [3.63, 3.8) is 0 Å². The molecule has 0 bridgehead atoms. The zero-order chi connectivity index (χ0) is 13.7. The van der Waals surface area contributed by atoms with E-state index in [-0.39, 0.29) is 6.42 Å². The summed E-state index contributed by atoms with van der Waals surface area (Å²) in [6.07, 6.45) is 4.52. The van der Waals surface area contributed by atoms with Crippen LogP contribution < -0.4 is 0 Å². The first-order chi connectivity index (χ1) is 9.22. The van der Waals surface area contributed by atoms with E-state index in [9.17, 15) is 4.79 Å². The quantitative estimate of drug-likeness (QED) is 0.777. The lowest BCUT2D eigenvalue weighted by Gasteiger charge is -2.07. The Labute approximate surface area is 113 Å². The van der Waals surface area contributed by atoms with Crippen molar-refractivity contribution in [2.24, 2.45) is 0 Å². The minimum Gasteiger partial charge on any atom is -0.481 e. The number of carbonyl (C=O) groups is 1. The summed E-state index contributed by atoms with van der Waals surface area (Å²) in [7, 11) is 0. The Morgan fingerprint density at radius 2 is 2.11 bits per heavy atom. The third-order valence-electron chi connectivity index (χ3n) is 3.29. The van der Waals surface area contributed by atoms with Crippen LogP contribution in [0.2, 0.25) is 0 Å². The zero-order valence-electron chi connectivity index (χ0n) is 11.3. The summed E-state index contributed by atoms with van der Waals surface area (Å²) in [4.78, 5) is 15.4. The third-order valence-corrected chi connectivity index (χ3v) is 3.29. The van der Waals surface area contributed by atoms with E-state index in [4.69, 9.17) is 5.11 Å². The largest absolute Gasteiger partial charge is 0.481 e. The minimum atomic E-state index is -0.766. The monoisotopic (exact) mass is 260 g/mol. The fourth-order valence-electron chi connectivity index (χ4n) is 2.31. The molecule has 0 saturated heterocycles. The van der Waals surface area contributed by atoms with Crippen LogP contribution >= 0.6 is 0 Å². The molecule has 0 aliphatic heterocycles. The van der Waals surface area contributed by atoms with Gasteiger partial charge in [-0.1, -0.05) is 31.9 Å². The van der Waals surface area contributed by atoms with Crippen LogP contribution in [0.15, 0.2) is 24.3 Å². The zero-order valence-corrected chi connectivity index (χ0v) is 11.3. The van der Waals surface area contributed by atoms with Crippen molar-refractivity contribution in [1.29, 1.82) is 0 Å². The molecule has 2 rings (SSSR count). The van der Waals surface area contributed by atoms with Crippen LogP contribution in [0, 0.1) is 0 Å². The summed E-state index contributed by atoms with van der Waals surface area (Å²) in [5.74, 6) is 0.244. The van der Waals surface area contributed by atoms with Gasteiger partial charge >= 0.3 is 5.97 Å². The van der Waals surface area contributed by atoms with E-state index in [1.165, 1.54) is 12.8 Å². The van der Waals surface area contributed by atoms with Crippen molar-refractivity contribution in [2.45, 2.75) is 45.6 Å². The molecule has 1 heterocycles. The number of aliphatic carboxylic acids is 1. The maximum absolute atomic E-state index is 10.8. The first-order valence-corrected chi connectivity index (χ1v) is 6.88. The fourth-order valence-corrected chi connectivity index (χ4v) is 2.31. The summed E-state index contributed by atoms with van der Waals surface area (Å²) in [6, 6.07) is 7.92. The van der Waals surface area contributed by atoms with Crippen molar-refractivity contribution >= 4 is 17.0 Å². The van der Waals surface area contributed by atoms with Crippen molar-refractivity contribution in [3.05, 3.63) is 30.1 Å². The highest BCUT2D eigenvalue weighted by Crippen LogP contribution is 2.18. The van der Waals surface area contributed by atoms with Gasteiger partial charge in [-0.15, -0.1) is 0 Å². The highest BCUT2D eigenvalue weighted by molar-refractivity contribution is 5.76. The van der Waals surface area contributed by atoms with Crippen LogP contribution in [0.1, 0.15) is 38.4 Å². The molecule has 0 saturated carbocycles. The summed E-state index contributed by atoms with van der Waals surface area (Å²) in [6.45, 7) is 2.67. The van der Waals surface area contributed by atoms with Gasteiger partial charge in [0.05, 0.1) is 17.5 Å². The molecular weight excluding hydrogens is 240 g/mol. The average molecular weight is 260 g/mol. The highest BCUT2D eigenvalue weighted by Gasteiger charge is 2.10. The molecule has 0 aliphatic rings. The number of aryl methyl sites for hydroxylation is 2. The molecule has 0 unspecified atom stereocenters. The van der Waals surface area contributed by atoms with E-state index in [0.29, 0.717) is 6.54 Å². The second-order valence-electron chi connectivity index (χ2n) is 4.77. The average Bonchev–Trinajstić information content (AvgIpc) is 2.74. The Hall–Kier alpha value is -1.84. The van der Waals surface area contributed by atoms with Crippen molar-refractivity contribution in [1.82, 2.24) is 9.55 Å². The maximum atomic E-state index is 10.8. The number of aromatic nitrogens is 2. The van der Waals surface area contributed by atoms with Crippen LogP contribution in [0.3, 0.4) is 0 Å². The van der Waals surface area contributed by atoms with Gasteiger partial charge in [0.15, 0.2) is 0 Å². The molecule has 2 aromatic rings. The van der Waals surface area contributed by atoms with Crippen LogP contribution in [-0.4, -0.2) is 20.6 Å². The number of rotatable bonds is 7. The van der Waals surface area contributed by atoms with Crippen molar-refractivity contribution < 1.29 is 9.90 Å². The Kier molecular flexibility index (Phi) is 4.55. The number of carboxylic acid groups (broad SMARTS) is 1. The Morgan fingerprint density at radius 3 is 2.84 bits per heavy atom. The fraction of sp³-hybridized carbons (Fsp3) is 0.467. The minimum absolute atomic E-state index is 0.140. The Morgan fingerprint density at radius 1 is 1.32 bits per heavy atom. The lowest BCUT2D eigenvalue weighted by molar-refractivity contribution is -0.137. The lowest BCUT2D eigenvalue weighted by atomic mass is 10.2. The van der Waals surface area contributed by atoms with Gasteiger partial charge in [0, 0.05) is 13.0 Å². The summed E-state index contributed by atoms with van der Waals surface area (Å²) in [5.41, 5.74) is 2.00. The third kappa shape index (κ3) is 3.34. The van der Waals surface area contributed by atoms with Gasteiger partial charge in [0.2, 0.25) is 0 Å². The van der Waals surface area contributed by atoms with E-state index in [0.717, 1.165) is 29.7 Å². The molecule has 4 heteroatoms. The maximum Gasteiger partial charge on any atom is 0.305 e. The SMILES string of the molecule is CCCCCc1nc2ccccc2n1CCC(=O)O. The van der Waals surface area contributed by atoms with E-state index >= 15 is 0 Å². The number of hydrogen-bond acceptors (Lipinski definition) is 2. The lowest BCUT2D eigenvalue weighted by Crippen LogP contribution is -2.08. The molecule has 0 radical (unpaired) electrons. The second-order valence-corrected chi connectivity index (χ2v) is 4.77. The topological polar surface area (TPSA) is 55.1 Å². The number of imidazole rings is 1. The smallest absolute Gasteiger partial charge is 0.305 e. The molecule has 1 N–H and O–H groups in total. The Balaban J connectivity index is 2.26. The van der Waals surface area contributed by atoms with Crippen LogP contribution in [0.25, 0.3) is 11.0 Å². The van der Waals surface area contributed by atoms with Crippen molar-refractivity contribution in [2.75, 3.05) is 0 Å². The number of carboxylic acids is 1. The number of nitrogens with zero attached hydrogens (tertiary/aromatic N) is 2. The highest BCUT2D eigenvalue weighted by atomic mass is 16.4. The first kappa shape index (κ1) is 13.6. The van der Waals surface area contributed by atoms with E-state index in [2.05, 4.69) is 16.5 Å². The van der Waals surface area contributed by atoms with Gasteiger partial charge in [-0.25, -0.2) is 4.98 Å². The van der Waals surface area contributed by atoms with Crippen LogP contribution in [-0.2, 0) is 17.8 Å². The number of unbranched alkanes of at least 4 members (excludes halogenated alkanes) is 2. The predicted octanol–water partition coefficient (Wildman–Crippen LogP) is 3.24. The van der Waals surface area contributed by atoms with Crippen LogP contribution in [0.4, 0.5) is 0 Å². The van der Waals surface area contributed by atoms with E-state index in [1.807, 2.05) is 24.3 Å². The number of hydrogen-bond donors (Lipinski definition) is 1. The molecule has 19 heavy (non-hydrogen) atoms. The van der Waals surface area contributed by atoms with Gasteiger partial charge in [0.25, 0.3) is 0 Å². The standard InChI is InChI=1S/C15H20N2O2/c1-2-3-4-9-14-16-12-7-5-6-8-13(12)17(14)11-10-15(18)19/h5-8H,2-4,9-11H2,1H3,(H,18,19). The van der Waals surface area contributed by atoms with Crippen LogP contribution in [0.5, 0.6) is 0 Å². The van der Waals surface area contributed by atoms with E-state index in [1.54, 1.807) is 0 Å². The summed E-state index contributed by atoms with van der Waals surface area (Å²) >= 11 is 0. The van der Waals surface area contributed by atoms with Crippen molar-refractivity contribution in [3.8, 4) is 0 Å². The number of para-hydroxylation sites is 2. The molecule has 0 fully saturated rings. The molecule has 0 amide bonds. The summed E-state index contributed by atoms with van der Waals surface area (Å²) < 4.78 is 2.05. The second kappa shape index (κ2) is 6.36. The molecule has 0 aliphatic carbocycles. The predicted molar refractivity (Wildman–Crippen MR) is 75.2 cm³/mol. The molecule has 0 spiro atoms. The van der Waals surface area contributed by atoms with Gasteiger partial charge in [-0.2, -0.15) is 0 Å². The van der Waals surface area contributed by atoms with Gasteiger partial charge < -0.3 is 9.67 Å². The first-order valence-electron chi connectivity index (χ1n) is 6.88. The molecule has 1 aromatic carbocycles. The van der Waals surface area contributed by atoms with Gasteiger partial charge in [-0.05, 0) is 18.6 Å². The Bertz CT molecular complexity index is 560. The molecule has 0 atom stereocenters. The molecule has 102 valence electrons. The normalized spacial score (nSPS) is 11.0. The molecule has 1 aromatic heterocycles. The number of benzene rings is 1. The molecular formula is C15H20N2O2. The molecule has 4 nitrogen and oxygen atoms in total. The van der Waals surface area contributed by atoms with E-state index < -0.39 is 5.97 Å². The van der Waals surface area contributed by atoms with Gasteiger partial charge in [-0.3, -0.25) is 4.79 Å². The summed E-state index contributed by atoms with van der Waals surface area (Å²) in [5, 5.41) is 8.86. The number of fused-ring (bicyclic) bond motifs is 1.